The minimum Gasteiger partial charge on any atom is -0.465 e. The first-order valence-electron chi connectivity index (χ1n) is 9.16. The van der Waals surface area contributed by atoms with E-state index in [1.807, 2.05) is 0 Å². The molecule has 0 bridgehead atoms. The molecule has 0 saturated heterocycles. The highest BCUT2D eigenvalue weighted by molar-refractivity contribution is 5.64. The van der Waals surface area contributed by atoms with Gasteiger partial charge in [-0.1, -0.05) is 84.0 Å². The van der Waals surface area contributed by atoms with Crippen molar-refractivity contribution in [3.8, 4) is 0 Å². The Bertz CT molecular complexity index is 267. The van der Waals surface area contributed by atoms with Crippen LogP contribution in [0.5, 0.6) is 0 Å². The van der Waals surface area contributed by atoms with Gasteiger partial charge < -0.3 is 10.4 Å². The molecule has 138 valence electrons. The summed E-state index contributed by atoms with van der Waals surface area (Å²) in [4.78, 5) is 10.7. The highest BCUT2D eigenvalue weighted by atomic mass is 16.4. The summed E-state index contributed by atoms with van der Waals surface area (Å²) in [6, 6.07) is 0. The molecule has 0 rings (SSSR count). The zero-order chi connectivity index (χ0) is 17.2. The fourth-order valence-corrected chi connectivity index (χ4v) is 2.65. The summed E-state index contributed by atoms with van der Waals surface area (Å²) in [5.41, 5.74) is 7.48. The van der Waals surface area contributed by atoms with Crippen LogP contribution in [0, 0.1) is 0 Å². The van der Waals surface area contributed by atoms with E-state index in [9.17, 15) is 4.79 Å². The van der Waals surface area contributed by atoms with E-state index in [1.54, 1.807) is 0 Å². The molecule has 0 aliphatic heterocycles. The summed E-state index contributed by atoms with van der Waals surface area (Å²) in [5, 5.41) is 11.1. The third kappa shape index (κ3) is 17.3. The molecule has 0 aliphatic carbocycles. The Kier molecular flexibility index (Phi) is 16.8. The van der Waals surface area contributed by atoms with Crippen LogP contribution in [0.4, 0.5) is 4.79 Å². The number of hydrogen-bond donors (Lipinski definition) is 6. The first-order chi connectivity index (χ1) is 11.2. The zero-order valence-corrected chi connectivity index (χ0v) is 14.7. The van der Waals surface area contributed by atoms with E-state index in [-0.39, 0.29) is 6.17 Å². The van der Waals surface area contributed by atoms with Gasteiger partial charge in [-0.2, -0.15) is 11.1 Å². The van der Waals surface area contributed by atoms with Gasteiger partial charge >= 0.3 is 6.09 Å². The molecule has 0 aliphatic rings. The van der Waals surface area contributed by atoms with Gasteiger partial charge in [0, 0.05) is 0 Å². The van der Waals surface area contributed by atoms with Crippen LogP contribution in [-0.2, 0) is 0 Å². The molecule has 7 heteroatoms. The summed E-state index contributed by atoms with van der Waals surface area (Å²) in [6.45, 7) is 2.25. The maximum Gasteiger partial charge on any atom is 0.405 e. The van der Waals surface area contributed by atoms with Crippen molar-refractivity contribution < 1.29 is 9.90 Å². The van der Waals surface area contributed by atoms with Crippen molar-refractivity contribution in [1.29, 1.82) is 0 Å². The molecule has 1 amide bonds. The lowest BCUT2D eigenvalue weighted by atomic mass is 10.0. The lowest BCUT2D eigenvalue weighted by molar-refractivity contribution is 0.182. The fraction of sp³-hybridized carbons (Fsp3) is 0.938. The molecule has 23 heavy (non-hydrogen) atoms. The number of carbonyl (C=O) groups is 1. The Morgan fingerprint density at radius 1 is 0.913 bits per heavy atom. The van der Waals surface area contributed by atoms with Crippen LogP contribution in [0.15, 0.2) is 0 Å². The molecule has 0 spiro atoms. The number of hydrazine groups is 3. The van der Waals surface area contributed by atoms with Crippen molar-refractivity contribution >= 4 is 6.09 Å². The van der Waals surface area contributed by atoms with Crippen LogP contribution in [0.2, 0.25) is 0 Å². The summed E-state index contributed by atoms with van der Waals surface area (Å²) < 4.78 is 0. The largest absolute Gasteiger partial charge is 0.465 e. The molecule has 0 aromatic carbocycles. The van der Waals surface area contributed by atoms with Crippen LogP contribution in [0.25, 0.3) is 0 Å². The molecule has 0 saturated carbocycles. The number of unbranched alkanes of at least 4 members (excludes halogenated alkanes) is 11. The van der Waals surface area contributed by atoms with Gasteiger partial charge in [0.05, 0.1) is 6.17 Å². The Morgan fingerprint density at radius 2 is 1.39 bits per heavy atom. The lowest BCUT2D eigenvalue weighted by Crippen LogP contribution is -2.57. The maximum atomic E-state index is 10.7. The van der Waals surface area contributed by atoms with Crippen molar-refractivity contribution in [2.24, 2.45) is 5.84 Å². The molecule has 1 unspecified atom stereocenters. The number of hydrogen-bond acceptors (Lipinski definition) is 5. The number of nitrogens with one attached hydrogen (secondary N) is 4. The number of nitrogens with two attached hydrogens (primary N) is 1. The van der Waals surface area contributed by atoms with Crippen molar-refractivity contribution in [3.63, 3.8) is 0 Å². The van der Waals surface area contributed by atoms with E-state index in [4.69, 9.17) is 10.9 Å². The van der Waals surface area contributed by atoms with Crippen LogP contribution in [0.3, 0.4) is 0 Å². The van der Waals surface area contributed by atoms with Crippen molar-refractivity contribution in [3.05, 3.63) is 0 Å². The van der Waals surface area contributed by atoms with Crippen molar-refractivity contribution in [2.75, 3.05) is 0 Å². The first-order valence-corrected chi connectivity index (χ1v) is 9.16. The monoisotopic (exact) mass is 331 g/mol. The Morgan fingerprint density at radius 3 is 1.83 bits per heavy atom. The normalized spacial score (nSPS) is 12.3. The van der Waals surface area contributed by atoms with Crippen molar-refractivity contribution in [1.82, 2.24) is 21.8 Å². The molecule has 0 fully saturated rings. The smallest absolute Gasteiger partial charge is 0.405 e. The third-order valence-corrected chi connectivity index (χ3v) is 3.96. The quantitative estimate of drug-likeness (QED) is 0.106. The van der Waals surface area contributed by atoms with Crippen LogP contribution >= 0.6 is 0 Å². The second-order valence-corrected chi connectivity index (χ2v) is 6.09. The number of rotatable bonds is 17. The Hall–Kier alpha value is -0.890. The average molecular weight is 332 g/mol. The molecule has 0 aromatic heterocycles. The van der Waals surface area contributed by atoms with Gasteiger partial charge in [-0.05, 0) is 6.42 Å². The van der Waals surface area contributed by atoms with Gasteiger partial charge in [0.15, 0.2) is 0 Å². The Labute approximate surface area is 141 Å². The van der Waals surface area contributed by atoms with Gasteiger partial charge in [0.1, 0.15) is 0 Å². The van der Waals surface area contributed by atoms with Gasteiger partial charge in [-0.15, -0.1) is 0 Å². The minimum absolute atomic E-state index is 0.341. The Balaban J connectivity index is 3.36. The van der Waals surface area contributed by atoms with E-state index in [1.165, 1.54) is 64.2 Å². The molecule has 7 N–H and O–H groups in total. The van der Waals surface area contributed by atoms with Crippen LogP contribution in [0.1, 0.15) is 90.4 Å². The van der Waals surface area contributed by atoms with E-state index >= 15 is 0 Å². The molecular formula is C16H37N5O2. The van der Waals surface area contributed by atoms with Gasteiger partial charge in [0.2, 0.25) is 0 Å². The fourth-order valence-electron chi connectivity index (χ4n) is 2.65. The van der Waals surface area contributed by atoms with Gasteiger partial charge in [0.25, 0.3) is 0 Å². The van der Waals surface area contributed by atoms with Crippen LogP contribution in [-0.4, -0.2) is 17.4 Å². The van der Waals surface area contributed by atoms with E-state index < -0.39 is 6.09 Å². The second kappa shape index (κ2) is 17.5. The lowest BCUT2D eigenvalue weighted by Gasteiger charge is -2.18. The summed E-state index contributed by atoms with van der Waals surface area (Å²) in [5.74, 6) is 5.08. The zero-order valence-electron chi connectivity index (χ0n) is 14.7. The molecular weight excluding hydrogens is 294 g/mol. The van der Waals surface area contributed by atoms with Crippen LogP contribution < -0.4 is 27.7 Å². The topological polar surface area (TPSA) is 111 Å². The molecule has 0 heterocycles. The first kappa shape index (κ1) is 22.1. The number of amides is 1. The predicted octanol–water partition coefficient (Wildman–Crippen LogP) is 3.14. The minimum atomic E-state index is -1.04. The number of carboxylic acid groups (broad SMARTS) is 1. The van der Waals surface area contributed by atoms with Crippen molar-refractivity contribution in [2.45, 2.75) is 96.6 Å². The van der Waals surface area contributed by atoms with E-state index in [0.29, 0.717) is 0 Å². The molecule has 7 nitrogen and oxygen atoms in total. The highest BCUT2D eigenvalue weighted by Gasteiger charge is 2.09. The van der Waals surface area contributed by atoms with Gasteiger partial charge in [-0.3, -0.25) is 5.84 Å². The van der Waals surface area contributed by atoms with E-state index in [0.717, 1.165) is 19.3 Å². The maximum absolute atomic E-state index is 10.7. The summed E-state index contributed by atoms with van der Waals surface area (Å²) in [6.07, 6.45) is 14.9. The second-order valence-electron chi connectivity index (χ2n) is 6.09. The van der Waals surface area contributed by atoms with Gasteiger partial charge in [-0.25, -0.2) is 10.2 Å². The molecule has 1 atom stereocenters. The molecule has 0 aromatic rings. The highest BCUT2D eigenvalue weighted by Crippen LogP contribution is 2.12. The molecule has 0 radical (unpaired) electrons. The summed E-state index contributed by atoms with van der Waals surface area (Å²) >= 11 is 0. The average Bonchev–Trinajstić information content (AvgIpc) is 2.52. The standard InChI is InChI=1S/C16H37N5O2/c1-2-3-4-5-6-7-8-9-10-11-12-13-14-15(18-16(22)23)19-21-20-17/h15,18-21H,2-14,17H2,1H3,(H,22,23). The predicted molar refractivity (Wildman–Crippen MR) is 94.2 cm³/mol. The third-order valence-electron chi connectivity index (χ3n) is 3.96. The summed E-state index contributed by atoms with van der Waals surface area (Å²) in [7, 11) is 0. The van der Waals surface area contributed by atoms with E-state index in [2.05, 4.69) is 28.7 Å². The SMILES string of the molecule is CCCCCCCCCCCCCCC(NNNN)NC(=O)O.